The molecule has 0 aromatic carbocycles. The standard InChI is InChI=1S/C15H25NO3S/c1-5-10(2)13(17)16-12-8-11-6-7-15(12,14(11,3)4)9-20(16,18)19/h5,11-13,17H,6-9H2,1-4H3/b10-5+. The fourth-order valence-corrected chi connectivity index (χ4v) is 7.65. The van der Waals surface area contributed by atoms with Gasteiger partial charge in [-0.25, -0.2) is 8.42 Å². The molecule has 0 amide bonds. The van der Waals surface area contributed by atoms with Crippen molar-refractivity contribution in [2.45, 2.75) is 59.2 Å². The molecular weight excluding hydrogens is 274 g/mol. The lowest BCUT2D eigenvalue weighted by molar-refractivity contribution is 0.0294. The Morgan fingerprint density at radius 3 is 2.65 bits per heavy atom. The van der Waals surface area contributed by atoms with Crippen molar-refractivity contribution in [3.8, 4) is 0 Å². The number of hydrogen-bond acceptors (Lipinski definition) is 3. The normalized spacial score (nSPS) is 43.8. The third-order valence-corrected chi connectivity index (χ3v) is 8.54. The molecule has 1 heterocycles. The lowest BCUT2D eigenvalue weighted by Gasteiger charge is -2.38. The van der Waals surface area contributed by atoms with E-state index < -0.39 is 16.3 Å². The van der Waals surface area contributed by atoms with Gasteiger partial charge < -0.3 is 5.11 Å². The molecule has 4 unspecified atom stereocenters. The molecule has 4 atom stereocenters. The van der Waals surface area contributed by atoms with E-state index >= 15 is 0 Å². The maximum absolute atomic E-state index is 12.6. The van der Waals surface area contributed by atoms with Crippen molar-refractivity contribution in [1.82, 2.24) is 4.31 Å². The van der Waals surface area contributed by atoms with Gasteiger partial charge in [0.2, 0.25) is 10.0 Å². The minimum atomic E-state index is -3.37. The molecule has 1 N–H and O–H groups in total. The molecule has 2 aliphatic carbocycles. The number of rotatable bonds is 2. The SMILES string of the molecule is C/C=C(\C)C(O)N1C2CC3CCC2(CS1(=O)=O)C3(C)C. The van der Waals surface area contributed by atoms with Gasteiger partial charge in [0.25, 0.3) is 0 Å². The molecule has 3 aliphatic rings. The van der Waals surface area contributed by atoms with E-state index in [9.17, 15) is 13.5 Å². The van der Waals surface area contributed by atoms with Gasteiger partial charge in [-0.3, -0.25) is 0 Å². The average molecular weight is 299 g/mol. The van der Waals surface area contributed by atoms with E-state index in [0.29, 0.717) is 11.5 Å². The number of fused-ring (bicyclic) bond motifs is 1. The molecule has 114 valence electrons. The molecule has 1 aliphatic heterocycles. The summed E-state index contributed by atoms with van der Waals surface area (Å²) in [7, 11) is -3.37. The Labute approximate surface area is 121 Å². The first-order chi connectivity index (χ1) is 9.17. The van der Waals surface area contributed by atoms with Crippen LogP contribution in [0.1, 0.15) is 47.0 Å². The Kier molecular flexibility index (Phi) is 2.97. The highest BCUT2D eigenvalue weighted by atomic mass is 32.2. The van der Waals surface area contributed by atoms with Gasteiger partial charge >= 0.3 is 0 Å². The van der Waals surface area contributed by atoms with Crippen molar-refractivity contribution in [2.24, 2.45) is 16.7 Å². The molecule has 1 saturated heterocycles. The molecule has 0 radical (unpaired) electrons. The van der Waals surface area contributed by atoms with Crippen molar-refractivity contribution in [3.05, 3.63) is 11.6 Å². The molecule has 4 nitrogen and oxygen atoms in total. The quantitative estimate of drug-likeness (QED) is 0.795. The number of hydrogen-bond donors (Lipinski definition) is 1. The van der Waals surface area contributed by atoms with Crippen molar-refractivity contribution < 1.29 is 13.5 Å². The van der Waals surface area contributed by atoms with Crippen LogP contribution in [0, 0.1) is 16.7 Å². The fraction of sp³-hybridized carbons (Fsp3) is 0.867. The van der Waals surface area contributed by atoms with Gasteiger partial charge in [0.05, 0.1) is 5.75 Å². The van der Waals surface area contributed by atoms with Gasteiger partial charge in [-0.15, -0.1) is 0 Å². The summed E-state index contributed by atoms with van der Waals surface area (Å²) in [5, 5.41) is 10.5. The number of allylic oxidation sites excluding steroid dienone is 1. The Morgan fingerprint density at radius 1 is 1.45 bits per heavy atom. The van der Waals surface area contributed by atoms with E-state index in [-0.39, 0.29) is 22.6 Å². The summed E-state index contributed by atoms with van der Waals surface area (Å²) >= 11 is 0. The molecule has 5 heteroatoms. The summed E-state index contributed by atoms with van der Waals surface area (Å²) in [6.07, 6.45) is 3.81. The highest BCUT2D eigenvalue weighted by Crippen LogP contribution is 2.70. The smallest absolute Gasteiger partial charge is 0.217 e. The van der Waals surface area contributed by atoms with E-state index in [2.05, 4.69) is 13.8 Å². The minimum Gasteiger partial charge on any atom is -0.373 e. The van der Waals surface area contributed by atoms with Crippen LogP contribution >= 0.6 is 0 Å². The average Bonchev–Trinajstić information content (AvgIpc) is 2.83. The molecule has 20 heavy (non-hydrogen) atoms. The summed E-state index contributed by atoms with van der Waals surface area (Å²) < 4.78 is 26.7. The number of aliphatic hydroxyl groups is 1. The zero-order chi connectivity index (χ0) is 14.9. The van der Waals surface area contributed by atoms with Gasteiger partial charge in [-0.2, -0.15) is 4.31 Å². The second kappa shape index (κ2) is 4.08. The van der Waals surface area contributed by atoms with Crippen molar-refractivity contribution in [2.75, 3.05) is 5.75 Å². The molecule has 2 bridgehead atoms. The van der Waals surface area contributed by atoms with Crippen molar-refractivity contribution in [3.63, 3.8) is 0 Å². The monoisotopic (exact) mass is 299 g/mol. The van der Waals surface area contributed by atoms with Gasteiger partial charge in [-0.1, -0.05) is 19.9 Å². The van der Waals surface area contributed by atoms with Crippen LogP contribution in [0.3, 0.4) is 0 Å². The predicted octanol–water partition coefficient (Wildman–Crippen LogP) is 2.11. The topological polar surface area (TPSA) is 57.6 Å². The molecule has 2 saturated carbocycles. The highest BCUT2D eigenvalue weighted by molar-refractivity contribution is 7.89. The van der Waals surface area contributed by atoms with Crippen LogP contribution < -0.4 is 0 Å². The van der Waals surface area contributed by atoms with Gasteiger partial charge in [0.1, 0.15) is 6.23 Å². The third kappa shape index (κ3) is 1.52. The van der Waals surface area contributed by atoms with E-state index in [1.807, 2.05) is 6.92 Å². The molecule has 3 fully saturated rings. The second-order valence-corrected chi connectivity index (χ2v) is 9.23. The molecule has 3 rings (SSSR count). The first-order valence-electron chi connectivity index (χ1n) is 7.49. The van der Waals surface area contributed by atoms with E-state index in [1.165, 1.54) is 4.31 Å². The molecule has 0 aromatic rings. The first kappa shape index (κ1) is 14.5. The Bertz CT molecular complexity index is 566. The van der Waals surface area contributed by atoms with E-state index in [4.69, 9.17) is 0 Å². The second-order valence-electron chi connectivity index (χ2n) is 7.36. The van der Waals surface area contributed by atoms with Gasteiger partial charge in [0, 0.05) is 11.5 Å². The zero-order valence-corrected chi connectivity index (χ0v) is 13.6. The van der Waals surface area contributed by atoms with Crippen LogP contribution in [-0.2, 0) is 10.0 Å². The highest BCUT2D eigenvalue weighted by Gasteiger charge is 2.72. The summed E-state index contributed by atoms with van der Waals surface area (Å²) in [5.41, 5.74) is 0.611. The van der Waals surface area contributed by atoms with Crippen LogP contribution in [-0.4, -0.2) is 35.9 Å². The Hall–Kier alpha value is -0.390. The Balaban J connectivity index is 2.07. The van der Waals surface area contributed by atoms with Crippen molar-refractivity contribution >= 4 is 10.0 Å². The molecule has 0 aromatic heterocycles. The van der Waals surface area contributed by atoms with Crippen LogP contribution in [0.5, 0.6) is 0 Å². The summed E-state index contributed by atoms with van der Waals surface area (Å²) in [4.78, 5) is 0. The molecule has 1 spiro atoms. The number of nitrogens with zero attached hydrogens (tertiary/aromatic N) is 1. The summed E-state index contributed by atoms with van der Waals surface area (Å²) in [6.45, 7) is 8.07. The van der Waals surface area contributed by atoms with Gasteiger partial charge in [-0.05, 0) is 50.0 Å². The molecular formula is C15H25NO3S. The van der Waals surface area contributed by atoms with Crippen molar-refractivity contribution in [1.29, 1.82) is 0 Å². The number of aliphatic hydroxyl groups excluding tert-OH is 1. The van der Waals surface area contributed by atoms with E-state index in [0.717, 1.165) is 19.3 Å². The third-order valence-electron chi connectivity index (χ3n) is 6.56. The van der Waals surface area contributed by atoms with Crippen LogP contribution in [0.2, 0.25) is 0 Å². The van der Waals surface area contributed by atoms with Crippen LogP contribution in [0.15, 0.2) is 11.6 Å². The zero-order valence-electron chi connectivity index (χ0n) is 12.8. The van der Waals surface area contributed by atoms with E-state index in [1.54, 1.807) is 13.0 Å². The lowest BCUT2D eigenvalue weighted by atomic mass is 9.69. The fourth-order valence-electron chi connectivity index (χ4n) is 4.99. The predicted molar refractivity (Wildman–Crippen MR) is 78.4 cm³/mol. The van der Waals surface area contributed by atoms with Crippen LogP contribution in [0.25, 0.3) is 0 Å². The maximum Gasteiger partial charge on any atom is 0.217 e. The minimum absolute atomic E-state index is 0.0221. The lowest BCUT2D eigenvalue weighted by Crippen LogP contribution is -2.46. The summed E-state index contributed by atoms with van der Waals surface area (Å²) in [5.74, 6) is 0.797. The maximum atomic E-state index is 12.6. The number of sulfonamides is 1. The van der Waals surface area contributed by atoms with Gasteiger partial charge in [0.15, 0.2) is 0 Å². The summed E-state index contributed by atoms with van der Waals surface area (Å²) in [6, 6.07) is -0.0221. The largest absolute Gasteiger partial charge is 0.373 e. The Morgan fingerprint density at radius 2 is 2.10 bits per heavy atom. The van der Waals surface area contributed by atoms with Crippen LogP contribution in [0.4, 0.5) is 0 Å². The first-order valence-corrected chi connectivity index (χ1v) is 9.10.